The van der Waals surface area contributed by atoms with Gasteiger partial charge in [-0.2, -0.15) is 5.10 Å². The van der Waals surface area contributed by atoms with Crippen molar-refractivity contribution in [1.29, 1.82) is 0 Å². The Kier molecular flexibility index (Phi) is 4.43. The van der Waals surface area contributed by atoms with Crippen molar-refractivity contribution in [3.8, 4) is 5.69 Å². The third kappa shape index (κ3) is 3.45. The first kappa shape index (κ1) is 17.0. The summed E-state index contributed by atoms with van der Waals surface area (Å²) in [6.07, 6.45) is 2.84. The van der Waals surface area contributed by atoms with Crippen LogP contribution in [0.4, 0.5) is 0 Å². The number of nitrogens with zero attached hydrogens (tertiary/aromatic N) is 4. The molecule has 0 radical (unpaired) electrons. The minimum Gasteiger partial charge on any atom is -0.273 e. The Labute approximate surface area is 158 Å². The van der Waals surface area contributed by atoms with Crippen molar-refractivity contribution in [2.24, 2.45) is 0 Å². The molecule has 0 atom stereocenters. The number of amides is 1. The van der Waals surface area contributed by atoms with E-state index in [1.165, 1.54) is 12.5 Å². The summed E-state index contributed by atoms with van der Waals surface area (Å²) in [6, 6.07) is 16.3. The molecule has 0 fully saturated rings. The van der Waals surface area contributed by atoms with Gasteiger partial charge >= 0.3 is 0 Å². The van der Waals surface area contributed by atoms with E-state index in [0.717, 1.165) is 15.9 Å². The van der Waals surface area contributed by atoms with E-state index in [9.17, 15) is 9.59 Å². The van der Waals surface area contributed by atoms with Crippen LogP contribution in [0.3, 0.4) is 0 Å². The Bertz CT molecular complexity index is 1170. The Morgan fingerprint density at radius 2 is 1.81 bits per heavy atom. The minimum absolute atomic E-state index is 0.116. The topological polar surface area (TPSA) is 81.8 Å². The lowest BCUT2D eigenvalue weighted by Gasteiger charge is -2.08. The minimum atomic E-state index is -0.397. The molecule has 0 saturated heterocycles. The number of nitrogens with one attached hydrogen (secondary N) is 1. The van der Waals surface area contributed by atoms with Gasteiger partial charge in [-0.1, -0.05) is 41.9 Å². The number of hydrogen-bond donors (Lipinski definition) is 1. The second-order valence-corrected chi connectivity index (χ2v) is 6.32. The molecule has 2 aromatic carbocycles. The number of benzene rings is 2. The zero-order valence-corrected chi connectivity index (χ0v) is 14.8. The fourth-order valence-corrected chi connectivity index (χ4v) is 2.84. The first-order valence-corrected chi connectivity index (χ1v) is 8.55. The maximum absolute atomic E-state index is 12.6. The standard InChI is InChI=1S/C19H14ClN5O2/c20-14-8-6-13(7-9-14)10-17(26)23-24-12-21-18-16(19(24)27)11-22-25(18)15-4-2-1-3-5-15/h1-9,11-12H,10H2,(H,23,26). The van der Waals surface area contributed by atoms with Crippen molar-refractivity contribution in [1.82, 2.24) is 19.4 Å². The number of halogens is 1. The van der Waals surface area contributed by atoms with Gasteiger partial charge in [0.1, 0.15) is 11.7 Å². The van der Waals surface area contributed by atoms with Crippen LogP contribution in [0, 0.1) is 0 Å². The summed E-state index contributed by atoms with van der Waals surface area (Å²) in [5.74, 6) is -0.337. The number of fused-ring (bicyclic) bond motifs is 1. The molecule has 134 valence electrons. The first-order chi connectivity index (χ1) is 13.1. The van der Waals surface area contributed by atoms with E-state index >= 15 is 0 Å². The maximum Gasteiger partial charge on any atom is 0.283 e. The highest BCUT2D eigenvalue weighted by Gasteiger charge is 2.13. The largest absolute Gasteiger partial charge is 0.283 e. The highest BCUT2D eigenvalue weighted by molar-refractivity contribution is 6.30. The lowest BCUT2D eigenvalue weighted by atomic mass is 10.1. The Hall–Kier alpha value is -3.45. The number of carbonyl (C=O) groups excluding carboxylic acids is 1. The predicted octanol–water partition coefficient (Wildman–Crippen LogP) is 2.55. The normalized spacial score (nSPS) is 10.9. The monoisotopic (exact) mass is 379 g/mol. The van der Waals surface area contributed by atoms with E-state index < -0.39 is 5.56 Å². The van der Waals surface area contributed by atoms with E-state index in [-0.39, 0.29) is 12.3 Å². The van der Waals surface area contributed by atoms with Crippen LogP contribution in [0.5, 0.6) is 0 Å². The van der Waals surface area contributed by atoms with Gasteiger partial charge in [0.25, 0.3) is 5.56 Å². The average molecular weight is 380 g/mol. The Morgan fingerprint density at radius 1 is 1.07 bits per heavy atom. The number of para-hydroxylation sites is 1. The van der Waals surface area contributed by atoms with Crippen LogP contribution in [-0.4, -0.2) is 25.3 Å². The summed E-state index contributed by atoms with van der Waals surface area (Å²) >= 11 is 5.84. The van der Waals surface area contributed by atoms with Crippen molar-refractivity contribution >= 4 is 28.5 Å². The van der Waals surface area contributed by atoms with Crippen molar-refractivity contribution in [2.75, 3.05) is 5.43 Å². The van der Waals surface area contributed by atoms with E-state index in [1.54, 1.807) is 28.9 Å². The van der Waals surface area contributed by atoms with Gasteiger partial charge in [0.15, 0.2) is 5.65 Å². The Balaban J connectivity index is 1.60. The molecule has 0 saturated carbocycles. The fraction of sp³-hybridized carbons (Fsp3) is 0.0526. The second-order valence-electron chi connectivity index (χ2n) is 5.89. The summed E-state index contributed by atoms with van der Waals surface area (Å²) in [5.41, 5.74) is 4.16. The van der Waals surface area contributed by atoms with Crippen LogP contribution in [-0.2, 0) is 11.2 Å². The molecule has 8 heteroatoms. The third-order valence-corrected chi connectivity index (χ3v) is 4.26. The average Bonchev–Trinajstić information content (AvgIpc) is 3.11. The predicted molar refractivity (Wildman–Crippen MR) is 103 cm³/mol. The molecular weight excluding hydrogens is 366 g/mol. The number of aromatic nitrogens is 4. The van der Waals surface area contributed by atoms with E-state index in [1.807, 2.05) is 30.3 Å². The molecule has 1 amide bonds. The fourth-order valence-electron chi connectivity index (χ4n) is 2.71. The molecular formula is C19H14ClN5O2. The molecule has 2 heterocycles. The summed E-state index contributed by atoms with van der Waals surface area (Å²) in [5, 5.41) is 5.15. The molecule has 2 aromatic heterocycles. The zero-order chi connectivity index (χ0) is 18.8. The van der Waals surface area contributed by atoms with Gasteiger partial charge in [0.2, 0.25) is 5.91 Å². The molecule has 0 unspecified atom stereocenters. The number of rotatable bonds is 4. The highest BCUT2D eigenvalue weighted by Crippen LogP contribution is 2.13. The van der Waals surface area contributed by atoms with Gasteiger partial charge in [0, 0.05) is 5.02 Å². The molecule has 0 spiro atoms. The molecule has 4 aromatic rings. The van der Waals surface area contributed by atoms with Gasteiger partial charge < -0.3 is 0 Å². The molecule has 7 nitrogen and oxygen atoms in total. The van der Waals surface area contributed by atoms with E-state index in [4.69, 9.17) is 11.6 Å². The summed E-state index contributed by atoms with van der Waals surface area (Å²) in [7, 11) is 0. The van der Waals surface area contributed by atoms with Crippen LogP contribution in [0.15, 0.2) is 71.9 Å². The van der Waals surface area contributed by atoms with Crippen molar-refractivity contribution in [3.05, 3.63) is 88.1 Å². The third-order valence-electron chi connectivity index (χ3n) is 4.01. The van der Waals surface area contributed by atoms with Gasteiger partial charge in [-0.25, -0.2) is 14.3 Å². The lowest BCUT2D eigenvalue weighted by Crippen LogP contribution is -2.34. The van der Waals surface area contributed by atoms with Gasteiger partial charge in [0.05, 0.1) is 18.3 Å². The molecule has 0 bridgehead atoms. The molecule has 4 rings (SSSR count). The van der Waals surface area contributed by atoms with Crippen LogP contribution < -0.4 is 11.0 Å². The van der Waals surface area contributed by atoms with E-state index in [0.29, 0.717) is 16.1 Å². The van der Waals surface area contributed by atoms with Crippen LogP contribution >= 0.6 is 11.6 Å². The SMILES string of the molecule is O=C(Cc1ccc(Cl)cc1)Nn1cnc2c(cnn2-c2ccccc2)c1=O. The first-order valence-electron chi connectivity index (χ1n) is 8.17. The van der Waals surface area contributed by atoms with Crippen LogP contribution in [0.25, 0.3) is 16.7 Å². The number of hydrogen-bond acceptors (Lipinski definition) is 4. The Morgan fingerprint density at radius 3 is 2.56 bits per heavy atom. The van der Waals surface area contributed by atoms with Crippen molar-refractivity contribution in [3.63, 3.8) is 0 Å². The van der Waals surface area contributed by atoms with Crippen molar-refractivity contribution < 1.29 is 4.79 Å². The maximum atomic E-state index is 12.6. The molecule has 0 aliphatic carbocycles. The van der Waals surface area contributed by atoms with Crippen LogP contribution in [0.2, 0.25) is 5.02 Å². The van der Waals surface area contributed by atoms with E-state index in [2.05, 4.69) is 15.5 Å². The second kappa shape index (κ2) is 7.05. The number of carbonyl (C=O) groups is 1. The highest BCUT2D eigenvalue weighted by atomic mass is 35.5. The summed E-state index contributed by atoms with van der Waals surface area (Å²) in [6.45, 7) is 0. The molecule has 1 N–H and O–H groups in total. The quantitative estimate of drug-likeness (QED) is 0.590. The smallest absolute Gasteiger partial charge is 0.273 e. The summed E-state index contributed by atoms with van der Waals surface area (Å²) in [4.78, 5) is 29.2. The van der Waals surface area contributed by atoms with Gasteiger partial charge in [-0.05, 0) is 29.8 Å². The lowest BCUT2D eigenvalue weighted by molar-refractivity contribution is -0.116. The van der Waals surface area contributed by atoms with Crippen molar-refractivity contribution in [2.45, 2.75) is 6.42 Å². The van der Waals surface area contributed by atoms with Gasteiger partial charge in [-0.15, -0.1) is 0 Å². The van der Waals surface area contributed by atoms with Gasteiger partial charge in [-0.3, -0.25) is 15.0 Å². The molecule has 0 aliphatic heterocycles. The molecule has 0 aliphatic rings. The van der Waals surface area contributed by atoms with Crippen LogP contribution in [0.1, 0.15) is 5.56 Å². The summed E-state index contributed by atoms with van der Waals surface area (Å²) < 4.78 is 2.65. The zero-order valence-electron chi connectivity index (χ0n) is 14.0. The molecule has 27 heavy (non-hydrogen) atoms.